The van der Waals surface area contributed by atoms with Crippen molar-refractivity contribution in [1.29, 1.82) is 0 Å². The van der Waals surface area contributed by atoms with Gasteiger partial charge in [0.25, 0.3) is 0 Å². The van der Waals surface area contributed by atoms with Crippen LogP contribution in [0.1, 0.15) is 36.5 Å². The molecule has 2 fully saturated rings. The Labute approximate surface area is 171 Å². The molecule has 0 aliphatic carbocycles. The molecule has 0 radical (unpaired) electrons. The molecule has 2 aliphatic heterocycles. The fourth-order valence-electron chi connectivity index (χ4n) is 4.88. The highest BCUT2D eigenvalue weighted by atomic mass is 16.5. The molecule has 2 aliphatic rings. The van der Waals surface area contributed by atoms with Crippen molar-refractivity contribution in [3.05, 3.63) is 29.7 Å². The van der Waals surface area contributed by atoms with Crippen molar-refractivity contribution in [2.75, 3.05) is 33.2 Å². The van der Waals surface area contributed by atoms with Crippen LogP contribution in [0, 0.1) is 12.3 Å². The van der Waals surface area contributed by atoms with Gasteiger partial charge in [0, 0.05) is 38.7 Å². The van der Waals surface area contributed by atoms with E-state index in [1.165, 1.54) is 0 Å². The van der Waals surface area contributed by atoms with Gasteiger partial charge < -0.3 is 19.3 Å². The van der Waals surface area contributed by atoms with Crippen molar-refractivity contribution in [1.82, 2.24) is 35.0 Å². The van der Waals surface area contributed by atoms with E-state index < -0.39 is 0 Å². The first kappa shape index (κ1) is 20.0. The number of likely N-dealkylation sites (tertiary alicyclic amines) is 2. The molecule has 9 heteroatoms. The number of rotatable bonds is 6. The molecule has 1 amide bonds. The molecule has 0 aromatic carbocycles. The third-order valence-electron chi connectivity index (χ3n) is 6.50. The summed E-state index contributed by atoms with van der Waals surface area (Å²) in [4.78, 5) is 18.2. The summed E-state index contributed by atoms with van der Waals surface area (Å²) in [5.74, 6) is 1.93. The Morgan fingerprint density at radius 1 is 1.34 bits per heavy atom. The molecule has 2 saturated heterocycles. The maximum Gasteiger partial charge on any atom is 0.227 e. The minimum Gasteiger partial charge on any atom is -0.360 e. The van der Waals surface area contributed by atoms with E-state index >= 15 is 0 Å². The summed E-state index contributed by atoms with van der Waals surface area (Å²) in [5, 5.41) is 15.2. The molecule has 29 heavy (non-hydrogen) atoms. The van der Waals surface area contributed by atoms with E-state index in [4.69, 9.17) is 4.52 Å². The van der Waals surface area contributed by atoms with Crippen LogP contribution >= 0.6 is 0 Å². The lowest BCUT2D eigenvalue weighted by molar-refractivity contribution is -0.145. The maximum absolute atomic E-state index is 13.4. The number of nitrogens with zero attached hydrogens (tertiary/aromatic N) is 6. The van der Waals surface area contributed by atoms with Crippen LogP contribution in [0.5, 0.6) is 0 Å². The van der Waals surface area contributed by atoms with E-state index in [1.807, 2.05) is 24.6 Å². The van der Waals surface area contributed by atoms with Crippen molar-refractivity contribution >= 4 is 5.91 Å². The lowest BCUT2D eigenvalue weighted by atomic mass is 9.67. The molecule has 2 aromatic rings. The summed E-state index contributed by atoms with van der Waals surface area (Å²) in [7, 11) is 4.06. The number of likely N-dealkylation sites (N-methyl/N-ethyl adjacent to an activating group) is 1. The van der Waals surface area contributed by atoms with Crippen molar-refractivity contribution in [2.24, 2.45) is 12.5 Å². The molecular formula is C20H31N7O2. The van der Waals surface area contributed by atoms with E-state index in [0.29, 0.717) is 19.5 Å². The zero-order chi connectivity index (χ0) is 20.4. The second-order valence-corrected chi connectivity index (χ2v) is 8.56. The van der Waals surface area contributed by atoms with Gasteiger partial charge in [0.15, 0.2) is 5.76 Å². The number of fused-ring (bicyclic) bond motifs is 1. The smallest absolute Gasteiger partial charge is 0.227 e. The number of aromatic nitrogens is 4. The Morgan fingerprint density at radius 2 is 2.21 bits per heavy atom. The van der Waals surface area contributed by atoms with Crippen LogP contribution in [0.25, 0.3) is 0 Å². The van der Waals surface area contributed by atoms with Crippen LogP contribution in [0.3, 0.4) is 0 Å². The zero-order valence-corrected chi connectivity index (χ0v) is 17.6. The van der Waals surface area contributed by atoms with Crippen molar-refractivity contribution in [3.63, 3.8) is 0 Å². The van der Waals surface area contributed by atoms with Crippen LogP contribution in [0.2, 0.25) is 0 Å². The molecular weight excluding hydrogens is 370 g/mol. The van der Waals surface area contributed by atoms with E-state index in [2.05, 4.69) is 37.5 Å². The Morgan fingerprint density at radius 3 is 2.93 bits per heavy atom. The van der Waals surface area contributed by atoms with Gasteiger partial charge in [0.05, 0.1) is 17.7 Å². The Kier molecular flexibility index (Phi) is 5.69. The third-order valence-corrected chi connectivity index (χ3v) is 6.50. The fraction of sp³-hybridized carbons (Fsp3) is 0.700. The minimum atomic E-state index is -0.348. The predicted octanol–water partition coefficient (Wildman–Crippen LogP) is 0.757. The first-order chi connectivity index (χ1) is 14.0. The van der Waals surface area contributed by atoms with E-state index in [9.17, 15) is 4.79 Å². The highest BCUT2D eigenvalue weighted by Crippen LogP contribution is 2.43. The summed E-state index contributed by atoms with van der Waals surface area (Å²) in [6.07, 6.45) is 5.21. The third kappa shape index (κ3) is 4.06. The van der Waals surface area contributed by atoms with Gasteiger partial charge in [0.1, 0.15) is 12.2 Å². The van der Waals surface area contributed by atoms with Gasteiger partial charge in [-0.2, -0.15) is 0 Å². The normalized spacial score (nSPS) is 25.7. The molecule has 4 rings (SSSR count). The SMILES string of the molecule is Cc1cc(CN2CCC[C@@]3(C(=O)NCCc4nncn4C)CCN(C)C[C@H]23)on1. The second kappa shape index (κ2) is 8.23. The number of piperidine rings is 2. The molecule has 0 spiro atoms. The van der Waals surface area contributed by atoms with Gasteiger partial charge in [-0.3, -0.25) is 9.69 Å². The number of hydrogen-bond acceptors (Lipinski definition) is 7. The number of aryl methyl sites for hydroxylation is 2. The standard InChI is InChI=1S/C20H31N7O2/c1-15-11-16(29-24-15)12-27-9-4-6-20(7-10-25(2)13-17(20)27)19(28)21-8-5-18-23-22-14-26(18)3/h11,14,17H,4-10,12-13H2,1-3H3,(H,21,28)/t17-,20+/m0/s1. The van der Waals surface area contributed by atoms with E-state index in [0.717, 1.165) is 56.2 Å². The lowest BCUT2D eigenvalue weighted by Crippen LogP contribution is -2.65. The topological polar surface area (TPSA) is 92.3 Å². The molecule has 1 N–H and O–H groups in total. The molecule has 0 bridgehead atoms. The van der Waals surface area contributed by atoms with Gasteiger partial charge in [-0.1, -0.05) is 5.16 Å². The summed E-state index contributed by atoms with van der Waals surface area (Å²) in [6.45, 7) is 6.04. The highest BCUT2D eigenvalue weighted by molar-refractivity contribution is 5.84. The van der Waals surface area contributed by atoms with Gasteiger partial charge in [0.2, 0.25) is 5.91 Å². The lowest BCUT2D eigenvalue weighted by Gasteiger charge is -2.53. The first-order valence-corrected chi connectivity index (χ1v) is 10.4. The molecule has 4 heterocycles. The Hall–Kier alpha value is -2.26. The number of hydrogen-bond donors (Lipinski definition) is 1. The summed E-state index contributed by atoms with van der Waals surface area (Å²) >= 11 is 0. The predicted molar refractivity (Wildman–Crippen MR) is 107 cm³/mol. The van der Waals surface area contributed by atoms with E-state index in [-0.39, 0.29) is 17.4 Å². The van der Waals surface area contributed by atoms with E-state index in [1.54, 1.807) is 6.33 Å². The molecule has 0 unspecified atom stereocenters. The number of nitrogens with one attached hydrogen (secondary N) is 1. The first-order valence-electron chi connectivity index (χ1n) is 10.4. The number of amides is 1. The fourth-order valence-corrected chi connectivity index (χ4v) is 4.88. The van der Waals surface area contributed by atoms with Gasteiger partial charge >= 0.3 is 0 Å². The number of carbonyl (C=O) groups is 1. The van der Waals surface area contributed by atoms with Gasteiger partial charge in [-0.25, -0.2) is 0 Å². The Balaban J connectivity index is 1.47. The maximum atomic E-state index is 13.4. The molecule has 9 nitrogen and oxygen atoms in total. The molecule has 0 saturated carbocycles. The average Bonchev–Trinajstić information content (AvgIpc) is 3.30. The largest absolute Gasteiger partial charge is 0.360 e. The molecule has 2 atom stereocenters. The highest BCUT2D eigenvalue weighted by Gasteiger charge is 2.52. The van der Waals surface area contributed by atoms with Crippen molar-refractivity contribution in [2.45, 2.75) is 45.2 Å². The molecule has 158 valence electrons. The van der Waals surface area contributed by atoms with Crippen LogP contribution in [0.4, 0.5) is 0 Å². The summed E-state index contributed by atoms with van der Waals surface area (Å²) in [5.41, 5.74) is 0.547. The van der Waals surface area contributed by atoms with Crippen molar-refractivity contribution in [3.8, 4) is 0 Å². The van der Waals surface area contributed by atoms with Crippen LogP contribution < -0.4 is 5.32 Å². The zero-order valence-electron chi connectivity index (χ0n) is 17.6. The second-order valence-electron chi connectivity index (χ2n) is 8.56. The van der Waals surface area contributed by atoms with Crippen LogP contribution in [0.15, 0.2) is 16.9 Å². The van der Waals surface area contributed by atoms with Gasteiger partial charge in [-0.15, -0.1) is 10.2 Å². The Bertz CT molecular complexity index is 848. The van der Waals surface area contributed by atoms with Gasteiger partial charge in [-0.05, 0) is 46.3 Å². The van der Waals surface area contributed by atoms with Crippen molar-refractivity contribution < 1.29 is 9.32 Å². The van der Waals surface area contributed by atoms with Crippen LogP contribution in [-0.4, -0.2) is 74.9 Å². The summed E-state index contributed by atoms with van der Waals surface area (Å²) < 4.78 is 7.36. The number of carbonyl (C=O) groups excluding carboxylic acids is 1. The molecule has 2 aromatic heterocycles. The van der Waals surface area contributed by atoms with Crippen LogP contribution in [-0.2, 0) is 24.8 Å². The summed E-state index contributed by atoms with van der Waals surface area (Å²) in [6, 6.07) is 2.17. The average molecular weight is 402 g/mol. The monoisotopic (exact) mass is 401 g/mol. The minimum absolute atomic E-state index is 0.176. The quantitative estimate of drug-likeness (QED) is 0.764.